The smallest absolute Gasteiger partial charge is 0.230 e. The first-order valence-corrected chi connectivity index (χ1v) is 11.4. The number of halogens is 1. The minimum atomic E-state index is -0.329. The summed E-state index contributed by atoms with van der Waals surface area (Å²) >= 11 is 0. The molecule has 3 aromatic rings. The number of hydrogen-bond donors (Lipinski definition) is 1. The molecule has 1 fully saturated rings. The Morgan fingerprint density at radius 3 is 2.55 bits per heavy atom. The lowest BCUT2D eigenvalue weighted by atomic mass is 9.96. The first-order chi connectivity index (χ1) is 15.9. The summed E-state index contributed by atoms with van der Waals surface area (Å²) in [5.41, 5.74) is 2.38. The lowest BCUT2D eigenvalue weighted by molar-refractivity contribution is -0.137. The van der Waals surface area contributed by atoms with Crippen molar-refractivity contribution in [3.63, 3.8) is 0 Å². The number of likely N-dealkylation sites (tertiary alicyclic amines) is 1. The number of carbonyl (C=O) groups is 2. The number of imidazole rings is 1. The van der Waals surface area contributed by atoms with E-state index in [1.807, 2.05) is 48.7 Å². The summed E-state index contributed by atoms with van der Waals surface area (Å²) in [5, 5.41) is 3.08. The largest absolute Gasteiger partial charge is 0.342 e. The summed E-state index contributed by atoms with van der Waals surface area (Å²) < 4.78 is 15.4. The number of rotatable bonds is 6. The van der Waals surface area contributed by atoms with Gasteiger partial charge in [-0.15, -0.1) is 0 Å². The number of benzene rings is 2. The quantitative estimate of drug-likeness (QED) is 0.601. The Balaban J connectivity index is 1.60. The molecule has 2 aromatic carbocycles. The van der Waals surface area contributed by atoms with Crippen LogP contribution in [0.15, 0.2) is 60.9 Å². The van der Waals surface area contributed by atoms with Crippen molar-refractivity contribution in [3.05, 3.63) is 72.3 Å². The zero-order valence-corrected chi connectivity index (χ0v) is 19.0. The van der Waals surface area contributed by atoms with E-state index in [0.29, 0.717) is 31.1 Å². The van der Waals surface area contributed by atoms with Crippen molar-refractivity contribution < 1.29 is 14.0 Å². The van der Waals surface area contributed by atoms with Crippen LogP contribution in [0.3, 0.4) is 0 Å². The Kier molecular flexibility index (Phi) is 6.87. The highest BCUT2D eigenvalue weighted by atomic mass is 19.1. The zero-order valence-electron chi connectivity index (χ0n) is 19.0. The third-order valence-corrected chi connectivity index (χ3v) is 5.99. The molecule has 2 heterocycles. The molecule has 172 valence electrons. The highest BCUT2D eigenvalue weighted by molar-refractivity contribution is 5.95. The number of aromatic nitrogens is 2. The molecule has 0 spiro atoms. The van der Waals surface area contributed by atoms with Crippen molar-refractivity contribution >= 4 is 17.6 Å². The third kappa shape index (κ3) is 5.30. The normalized spacial score (nSPS) is 16.1. The summed E-state index contributed by atoms with van der Waals surface area (Å²) in [6.45, 7) is 5.40. The maximum atomic E-state index is 13.5. The summed E-state index contributed by atoms with van der Waals surface area (Å²) in [5.74, 6) is -0.192. The molecule has 1 aliphatic heterocycles. The van der Waals surface area contributed by atoms with Gasteiger partial charge in [0.1, 0.15) is 17.3 Å². The second kappa shape index (κ2) is 9.98. The molecule has 1 aromatic heterocycles. The van der Waals surface area contributed by atoms with Gasteiger partial charge in [0.2, 0.25) is 11.8 Å². The van der Waals surface area contributed by atoms with Gasteiger partial charge in [-0.3, -0.25) is 9.59 Å². The van der Waals surface area contributed by atoms with Crippen molar-refractivity contribution in [2.75, 3.05) is 18.4 Å². The molecule has 1 aliphatic rings. The average molecular weight is 449 g/mol. The molecule has 33 heavy (non-hydrogen) atoms. The van der Waals surface area contributed by atoms with Crippen LogP contribution in [0.1, 0.15) is 32.3 Å². The van der Waals surface area contributed by atoms with Gasteiger partial charge < -0.3 is 14.8 Å². The summed E-state index contributed by atoms with van der Waals surface area (Å²) in [7, 11) is 0. The van der Waals surface area contributed by atoms with E-state index >= 15 is 0 Å². The summed E-state index contributed by atoms with van der Waals surface area (Å²) in [4.78, 5) is 32.1. The van der Waals surface area contributed by atoms with Crippen molar-refractivity contribution in [1.29, 1.82) is 0 Å². The first-order valence-electron chi connectivity index (χ1n) is 11.4. The minimum absolute atomic E-state index is 0.0774. The van der Waals surface area contributed by atoms with Gasteiger partial charge in [0.05, 0.1) is 18.8 Å². The van der Waals surface area contributed by atoms with Gasteiger partial charge in [0.25, 0.3) is 0 Å². The van der Waals surface area contributed by atoms with E-state index in [0.717, 1.165) is 24.0 Å². The van der Waals surface area contributed by atoms with Gasteiger partial charge in [0, 0.05) is 24.6 Å². The second-order valence-corrected chi connectivity index (χ2v) is 8.83. The zero-order chi connectivity index (χ0) is 23.4. The molecule has 7 heteroatoms. The molecule has 1 unspecified atom stereocenters. The molecular formula is C26H29FN4O2. The van der Waals surface area contributed by atoms with Crippen molar-refractivity contribution in [1.82, 2.24) is 14.5 Å². The second-order valence-electron chi connectivity index (χ2n) is 8.83. The van der Waals surface area contributed by atoms with Crippen LogP contribution in [0.25, 0.3) is 11.3 Å². The molecule has 0 bridgehead atoms. The topological polar surface area (TPSA) is 67.2 Å². The number of hydrogen-bond acceptors (Lipinski definition) is 3. The van der Waals surface area contributed by atoms with Crippen LogP contribution in [0, 0.1) is 17.7 Å². The van der Waals surface area contributed by atoms with E-state index in [1.54, 1.807) is 23.4 Å². The molecule has 1 N–H and O–H groups in total. The van der Waals surface area contributed by atoms with Crippen molar-refractivity contribution in [2.45, 2.75) is 33.2 Å². The van der Waals surface area contributed by atoms with Gasteiger partial charge in [-0.05, 0) is 42.7 Å². The Hall–Kier alpha value is -3.48. The lowest BCUT2D eigenvalue weighted by Gasteiger charge is -2.33. The number of nitrogens with zero attached hydrogens (tertiary/aromatic N) is 3. The fourth-order valence-electron chi connectivity index (χ4n) is 4.21. The van der Waals surface area contributed by atoms with Crippen LogP contribution in [0.2, 0.25) is 0 Å². The molecule has 0 aliphatic carbocycles. The number of carbonyl (C=O) groups excluding carboxylic acids is 2. The Bertz CT molecular complexity index is 1110. The summed E-state index contributed by atoms with van der Waals surface area (Å²) in [6.07, 6.45) is 3.22. The molecular weight excluding hydrogens is 419 g/mol. The van der Waals surface area contributed by atoms with Crippen LogP contribution in [-0.2, 0) is 16.1 Å². The minimum Gasteiger partial charge on any atom is -0.342 e. The number of nitrogens with one attached hydrogen (secondary N) is 1. The van der Waals surface area contributed by atoms with E-state index < -0.39 is 0 Å². The van der Waals surface area contributed by atoms with Crippen LogP contribution >= 0.6 is 0 Å². The van der Waals surface area contributed by atoms with E-state index in [-0.39, 0.29) is 29.5 Å². The molecule has 2 amide bonds. The molecule has 4 rings (SSSR count). The first kappa shape index (κ1) is 22.7. The van der Waals surface area contributed by atoms with E-state index in [1.165, 1.54) is 12.1 Å². The summed E-state index contributed by atoms with van der Waals surface area (Å²) in [6, 6.07) is 16.0. The van der Waals surface area contributed by atoms with Gasteiger partial charge in [0.15, 0.2) is 0 Å². The van der Waals surface area contributed by atoms with E-state index in [2.05, 4.69) is 10.3 Å². The van der Waals surface area contributed by atoms with E-state index in [4.69, 9.17) is 0 Å². The van der Waals surface area contributed by atoms with Crippen molar-refractivity contribution in [2.24, 2.45) is 11.8 Å². The molecule has 1 saturated heterocycles. The maximum Gasteiger partial charge on any atom is 0.230 e. The lowest BCUT2D eigenvalue weighted by Crippen LogP contribution is -2.45. The predicted octanol–water partition coefficient (Wildman–Crippen LogP) is 4.57. The Morgan fingerprint density at radius 1 is 1.12 bits per heavy atom. The average Bonchev–Trinajstić information content (AvgIpc) is 3.21. The van der Waals surface area contributed by atoms with Crippen LogP contribution < -0.4 is 5.32 Å². The molecule has 0 radical (unpaired) electrons. The van der Waals surface area contributed by atoms with Gasteiger partial charge >= 0.3 is 0 Å². The van der Waals surface area contributed by atoms with Gasteiger partial charge in [-0.25, -0.2) is 9.37 Å². The third-order valence-electron chi connectivity index (χ3n) is 5.99. The van der Waals surface area contributed by atoms with Gasteiger partial charge in [-0.2, -0.15) is 0 Å². The van der Waals surface area contributed by atoms with Crippen molar-refractivity contribution in [3.8, 4) is 11.3 Å². The van der Waals surface area contributed by atoms with E-state index in [9.17, 15) is 14.0 Å². The standard InChI is InChI=1S/C26H29FN4O2/c1-18(2)26(33)30-14-6-9-21(16-30)25(32)29-24-23(20-10-12-22(27)13-11-20)28-17-31(24)15-19-7-4-3-5-8-19/h3-5,7-8,10-13,17-18,21H,6,9,14-16H2,1-2H3,(H,29,32). The number of amides is 2. The van der Waals surface area contributed by atoms with Gasteiger partial charge in [-0.1, -0.05) is 44.2 Å². The molecule has 0 saturated carbocycles. The van der Waals surface area contributed by atoms with Crippen LogP contribution in [0.5, 0.6) is 0 Å². The number of anilines is 1. The number of piperidine rings is 1. The fraction of sp³-hybridized carbons (Fsp3) is 0.346. The Labute approximate surface area is 193 Å². The maximum absolute atomic E-state index is 13.5. The predicted molar refractivity (Wildman–Crippen MR) is 126 cm³/mol. The monoisotopic (exact) mass is 448 g/mol. The highest BCUT2D eigenvalue weighted by Gasteiger charge is 2.30. The Morgan fingerprint density at radius 2 is 1.85 bits per heavy atom. The molecule has 6 nitrogen and oxygen atoms in total. The molecule has 1 atom stereocenters. The highest BCUT2D eigenvalue weighted by Crippen LogP contribution is 2.29. The fourth-order valence-corrected chi connectivity index (χ4v) is 4.21. The SMILES string of the molecule is CC(C)C(=O)N1CCCC(C(=O)Nc2c(-c3ccc(F)cc3)ncn2Cc2ccccc2)C1. The van der Waals surface area contributed by atoms with Crippen LogP contribution in [-0.4, -0.2) is 39.4 Å². The van der Waals surface area contributed by atoms with Crippen LogP contribution in [0.4, 0.5) is 10.2 Å².